The molecule has 1 N–H and O–H groups in total. The smallest absolute Gasteiger partial charge is 0.328 e. The molecule has 0 unspecified atom stereocenters. The number of rotatable bonds is 5. The zero-order valence-electron chi connectivity index (χ0n) is 11.7. The number of thiazole rings is 1. The molecule has 110 valence electrons. The van der Waals surface area contributed by atoms with Gasteiger partial charge < -0.3 is 19.6 Å². The second-order valence-corrected chi connectivity index (χ2v) is 5.71. The number of hydrogen-bond donors (Lipinski definition) is 1. The Balaban J connectivity index is 2.17. The topological polar surface area (TPSA) is 65.9 Å². The summed E-state index contributed by atoms with van der Waals surface area (Å²) in [6.07, 6.45) is 2.73. The monoisotopic (exact) mass is 297 g/mol. The van der Waals surface area contributed by atoms with Crippen molar-refractivity contribution in [1.82, 2.24) is 9.88 Å². The molecule has 1 fully saturated rings. The summed E-state index contributed by atoms with van der Waals surface area (Å²) in [6, 6.07) is 0. The molecular weight excluding hydrogens is 278 g/mol. The first-order chi connectivity index (χ1) is 9.60. The Morgan fingerprint density at radius 1 is 1.45 bits per heavy atom. The van der Waals surface area contributed by atoms with Crippen molar-refractivity contribution >= 4 is 28.5 Å². The van der Waals surface area contributed by atoms with Gasteiger partial charge in [0.2, 0.25) is 0 Å². The first-order valence-electron chi connectivity index (χ1n) is 6.43. The van der Waals surface area contributed by atoms with Gasteiger partial charge in [-0.05, 0) is 13.1 Å². The number of carboxylic acid groups (broad SMARTS) is 1. The van der Waals surface area contributed by atoms with Gasteiger partial charge in [0.1, 0.15) is 0 Å². The lowest BCUT2D eigenvalue weighted by molar-refractivity contribution is -0.131. The van der Waals surface area contributed by atoms with Crippen molar-refractivity contribution in [3.05, 3.63) is 16.6 Å². The maximum atomic E-state index is 10.6. The molecule has 7 heteroatoms. The zero-order chi connectivity index (χ0) is 14.5. The van der Waals surface area contributed by atoms with Gasteiger partial charge in [-0.2, -0.15) is 0 Å². The molecule has 0 atom stereocenters. The Bertz CT molecular complexity index is 493. The molecule has 0 saturated carbocycles. The SMILES string of the molecule is COCc1nc(N2CCN(C)CC2)sc1/C=C/C(=O)O. The van der Waals surface area contributed by atoms with Gasteiger partial charge in [0.05, 0.1) is 17.2 Å². The van der Waals surface area contributed by atoms with Gasteiger partial charge in [-0.1, -0.05) is 11.3 Å². The van der Waals surface area contributed by atoms with Crippen LogP contribution in [0.5, 0.6) is 0 Å². The van der Waals surface area contributed by atoms with Crippen LogP contribution in [0.1, 0.15) is 10.6 Å². The standard InChI is InChI=1S/C13H19N3O3S/c1-15-5-7-16(8-6-15)13-14-10(9-19-2)11(20-13)3-4-12(17)18/h3-4H,5-9H2,1-2H3,(H,17,18)/b4-3+. The van der Waals surface area contributed by atoms with Gasteiger partial charge >= 0.3 is 5.97 Å². The molecule has 1 aromatic heterocycles. The highest BCUT2D eigenvalue weighted by atomic mass is 32.1. The molecule has 0 radical (unpaired) electrons. The van der Waals surface area contributed by atoms with Crippen LogP contribution >= 0.6 is 11.3 Å². The minimum absolute atomic E-state index is 0.392. The fourth-order valence-corrected chi connectivity index (χ4v) is 3.02. The number of aliphatic carboxylic acids is 1. The molecule has 0 aliphatic carbocycles. The first-order valence-corrected chi connectivity index (χ1v) is 7.25. The number of carboxylic acids is 1. The molecule has 0 aromatic carbocycles. The van der Waals surface area contributed by atoms with Crippen LogP contribution in [0.3, 0.4) is 0 Å². The molecule has 1 saturated heterocycles. The molecule has 6 nitrogen and oxygen atoms in total. The third-order valence-electron chi connectivity index (χ3n) is 3.15. The van der Waals surface area contributed by atoms with Crippen LogP contribution in [0.15, 0.2) is 6.08 Å². The van der Waals surface area contributed by atoms with Gasteiger partial charge in [0.25, 0.3) is 0 Å². The van der Waals surface area contributed by atoms with Crippen LogP contribution in [-0.2, 0) is 16.1 Å². The summed E-state index contributed by atoms with van der Waals surface area (Å²) in [7, 11) is 3.72. The number of aromatic nitrogens is 1. The number of likely N-dealkylation sites (N-methyl/N-ethyl adjacent to an activating group) is 1. The predicted molar refractivity (Wildman–Crippen MR) is 79.2 cm³/mol. The summed E-state index contributed by atoms with van der Waals surface area (Å²) < 4.78 is 5.13. The number of methoxy groups -OCH3 is 1. The van der Waals surface area contributed by atoms with Gasteiger partial charge in [-0.25, -0.2) is 9.78 Å². The summed E-state index contributed by atoms with van der Waals surface area (Å²) >= 11 is 1.52. The van der Waals surface area contributed by atoms with Crippen LogP contribution in [0.2, 0.25) is 0 Å². The van der Waals surface area contributed by atoms with Crippen molar-refractivity contribution in [3.63, 3.8) is 0 Å². The van der Waals surface area contributed by atoms with Crippen LogP contribution < -0.4 is 4.90 Å². The Hall–Kier alpha value is -1.44. The second kappa shape index (κ2) is 6.83. The van der Waals surface area contributed by atoms with E-state index in [0.717, 1.165) is 48.0 Å². The summed E-state index contributed by atoms with van der Waals surface area (Å²) in [5, 5.41) is 9.67. The van der Waals surface area contributed by atoms with Crippen molar-refractivity contribution in [2.75, 3.05) is 45.2 Å². The molecule has 2 rings (SSSR count). The lowest BCUT2D eigenvalue weighted by Crippen LogP contribution is -2.44. The normalized spacial score (nSPS) is 17.0. The van der Waals surface area contributed by atoms with E-state index < -0.39 is 5.97 Å². The molecule has 1 aliphatic rings. The van der Waals surface area contributed by atoms with E-state index in [9.17, 15) is 4.79 Å². The minimum atomic E-state index is -0.956. The summed E-state index contributed by atoms with van der Waals surface area (Å²) in [6.45, 7) is 4.31. The van der Waals surface area contributed by atoms with Crippen LogP contribution in [0.4, 0.5) is 5.13 Å². The summed E-state index contributed by atoms with van der Waals surface area (Å²) in [5.41, 5.74) is 0.795. The molecule has 20 heavy (non-hydrogen) atoms. The number of hydrogen-bond acceptors (Lipinski definition) is 6. The second-order valence-electron chi connectivity index (χ2n) is 4.70. The van der Waals surface area contributed by atoms with E-state index in [1.165, 1.54) is 11.3 Å². The maximum Gasteiger partial charge on any atom is 0.328 e. The van der Waals surface area contributed by atoms with Gasteiger partial charge in [0.15, 0.2) is 5.13 Å². The van der Waals surface area contributed by atoms with Crippen molar-refractivity contribution in [2.24, 2.45) is 0 Å². The quantitative estimate of drug-likeness (QED) is 0.822. The van der Waals surface area contributed by atoms with E-state index >= 15 is 0 Å². The zero-order valence-corrected chi connectivity index (χ0v) is 12.5. The number of carbonyl (C=O) groups is 1. The minimum Gasteiger partial charge on any atom is -0.478 e. The fraction of sp³-hybridized carbons (Fsp3) is 0.538. The van der Waals surface area contributed by atoms with Crippen molar-refractivity contribution in [1.29, 1.82) is 0 Å². The highest BCUT2D eigenvalue weighted by Crippen LogP contribution is 2.28. The van der Waals surface area contributed by atoms with Crippen molar-refractivity contribution in [2.45, 2.75) is 6.61 Å². The molecular formula is C13H19N3O3S. The molecule has 0 spiro atoms. The van der Waals surface area contributed by atoms with Crippen molar-refractivity contribution in [3.8, 4) is 0 Å². The van der Waals surface area contributed by atoms with Gasteiger partial charge in [-0.3, -0.25) is 0 Å². The third kappa shape index (κ3) is 3.78. The Morgan fingerprint density at radius 3 is 2.75 bits per heavy atom. The molecule has 0 bridgehead atoms. The number of anilines is 1. The lowest BCUT2D eigenvalue weighted by atomic mass is 10.3. The van der Waals surface area contributed by atoms with Crippen LogP contribution in [0, 0.1) is 0 Å². The number of nitrogens with zero attached hydrogens (tertiary/aromatic N) is 3. The average molecular weight is 297 g/mol. The maximum absolute atomic E-state index is 10.6. The van der Waals surface area contributed by atoms with Crippen LogP contribution in [0.25, 0.3) is 6.08 Å². The summed E-state index contributed by atoms with van der Waals surface area (Å²) in [5.74, 6) is -0.956. The molecule has 2 heterocycles. The van der Waals surface area contributed by atoms with E-state index in [-0.39, 0.29) is 0 Å². The largest absolute Gasteiger partial charge is 0.478 e. The molecule has 1 aromatic rings. The van der Waals surface area contributed by atoms with E-state index in [2.05, 4.69) is 21.8 Å². The molecule has 0 amide bonds. The number of piperazine rings is 1. The molecule has 1 aliphatic heterocycles. The highest BCUT2D eigenvalue weighted by molar-refractivity contribution is 7.16. The van der Waals surface area contributed by atoms with Gasteiger partial charge in [-0.15, -0.1) is 0 Å². The van der Waals surface area contributed by atoms with Crippen LogP contribution in [-0.4, -0.2) is 61.3 Å². The van der Waals surface area contributed by atoms with E-state index in [0.29, 0.717) is 6.61 Å². The Kier molecular flexibility index (Phi) is 5.11. The predicted octanol–water partition coefficient (Wildman–Crippen LogP) is 1.14. The van der Waals surface area contributed by atoms with E-state index in [4.69, 9.17) is 9.84 Å². The van der Waals surface area contributed by atoms with Gasteiger partial charge in [0, 0.05) is 39.4 Å². The third-order valence-corrected chi connectivity index (χ3v) is 4.27. The Morgan fingerprint density at radius 2 is 2.15 bits per heavy atom. The lowest BCUT2D eigenvalue weighted by Gasteiger charge is -2.32. The van der Waals surface area contributed by atoms with E-state index in [1.54, 1.807) is 13.2 Å². The van der Waals surface area contributed by atoms with Crippen molar-refractivity contribution < 1.29 is 14.6 Å². The highest BCUT2D eigenvalue weighted by Gasteiger charge is 2.19. The van der Waals surface area contributed by atoms with E-state index in [1.807, 2.05) is 0 Å². The number of ether oxygens (including phenoxy) is 1. The average Bonchev–Trinajstić information content (AvgIpc) is 2.81. The first kappa shape index (κ1) is 15.0. The fourth-order valence-electron chi connectivity index (χ4n) is 2.00. The summed E-state index contributed by atoms with van der Waals surface area (Å²) in [4.78, 5) is 20.6. The Labute approximate surface area is 122 Å².